The van der Waals surface area contributed by atoms with Crippen LogP contribution in [0.15, 0.2) is 18.2 Å². The van der Waals surface area contributed by atoms with Crippen molar-refractivity contribution in [3.63, 3.8) is 0 Å². The van der Waals surface area contributed by atoms with Gasteiger partial charge >= 0.3 is 0 Å². The molecule has 1 nitrogen and oxygen atoms in total. The van der Waals surface area contributed by atoms with E-state index in [4.69, 9.17) is 23.2 Å². The van der Waals surface area contributed by atoms with Gasteiger partial charge in [-0.2, -0.15) is 0 Å². The summed E-state index contributed by atoms with van der Waals surface area (Å²) < 4.78 is 0. The lowest BCUT2D eigenvalue weighted by Crippen LogP contribution is -2.11. The highest BCUT2D eigenvalue weighted by Gasteiger charge is 2.21. The summed E-state index contributed by atoms with van der Waals surface area (Å²) in [5.74, 6) is -0.0436. The predicted molar refractivity (Wildman–Crippen MR) is 90.0 cm³/mol. The molecule has 0 saturated carbocycles. The lowest BCUT2D eigenvalue weighted by atomic mass is 9.86. The first-order valence-electron chi connectivity index (χ1n) is 6.82. The third-order valence-corrected chi connectivity index (χ3v) is 4.95. The largest absolute Gasteiger partial charge is 0.289 e. The minimum atomic E-state index is -0.0436. The standard InChI is InChI=1S/C18H18Cl2O/c1-9-10(2)12(4)17(13(5)11(9)3)18(21)15-7-6-14(19)8-16(15)20/h6-8H,1-5H3. The van der Waals surface area contributed by atoms with Crippen LogP contribution < -0.4 is 0 Å². The lowest BCUT2D eigenvalue weighted by molar-refractivity contribution is 0.103. The zero-order valence-corrected chi connectivity index (χ0v) is 14.4. The molecule has 0 amide bonds. The Morgan fingerprint density at radius 1 is 0.810 bits per heavy atom. The molecule has 0 aromatic heterocycles. The zero-order valence-electron chi connectivity index (χ0n) is 12.9. The number of benzene rings is 2. The zero-order chi connectivity index (χ0) is 15.9. The monoisotopic (exact) mass is 320 g/mol. The molecule has 0 radical (unpaired) electrons. The molecule has 0 atom stereocenters. The van der Waals surface area contributed by atoms with Gasteiger partial charge in [0.1, 0.15) is 0 Å². The predicted octanol–water partition coefficient (Wildman–Crippen LogP) is 5.77. The quantitative estimate of drug-likeness (QED) is 0.642. The molecule has 2 aromatic carbocycles. The van der Waals surface area contributed by atoms with Gasteiger partial charge in [0, 0.05) is 16.1 Å². The first kappa shape index (κ1) is 16.1. The van der Waals surface area contributed by atoms with Gasteiger partial charge in [-0.3, -0.25) is 4.79 Å². The average Bonchev–Trinajstić information content (AvgIpc) is 2.43. The Kier molecular flexibility index (Phi) is 4.46. The smallest absolute Gasteiger partial charge is 0.195 e. The molecule has 0 fully saturated rings. The van der Waals surface area contributed by atoms with E-state index in [1.54, 1.807) is 18.2 Å². The SMILES string of the molecule is Cc1c(C)c(C)c(C(=O)c2ccc(Cl)cc2Cl)c(C)c1C. The first-order valence-corrected chi connectivity index (χ1v) is 7.58. The molecule has 3 heteroatoms. The number of ketones is 1. The van der Waals surface area contributed by atoms with Crippen LogP contribution in [-0.2, 0) is 0 Å². The Hall–Kier alpha value is -1.31. The Morgan fingerprint density at radius 2 is 1.29 bits per heavy atom. The van der Waals surface area contributed by atoms with Crippen LogP contribution in [0.5, 0.6) is 0 Å². The fourth-order valence-corrected chi connectivity index (χ4v) is 3.14. The molecule has 2 rings (SSSR count). The lowest BCUT2D eigenvalue weighted by Gasteiger charge is -2.18. The number of rotatable bonds is 2. The molecule has 0 heterocycles. The van der Waals surface area contributed by atoms with Crippen LogP contribution in [-0.4, -0.2) is 5.78 Å². The van der Waals surface area contributed by atoms with E-state index in [9.17, 15) is 4.79 Å². The highest BCUT2D eigenvalue weighted by atomic mass is 35.5. The molecule has 0 aliphatic carbocycles. The molecule has 0 N–H and O–H groups in total. The second kappa shape index (κ2) is 5.82. The molecule has 0 bridgehead atoms. The summed E-state index contributed by atoms with van der Waals surface area (Å²) in [6, 6.07) is 4.99. The van der Waals surface area contributed by atoms with Crippen LogP contribution in [0, 0.1) is 34.6 Å². The van der Waals surface area contributed by atoms with Crippen LogP contribution in [0.1, 0.15) is 43.7 Å². The van der Waals surface area contributed by atoms with Crippen molar-refractivity contribution in [3.8, 4) is 0 Å². The van der Waals surface area contributed by atoms with Gasteiger partial charge in [-0.25, -0.2) is 0 Å². The van der Waals surface area contributed by atoms with Crippen molar-refractivity contribution >= 4 is 29.0 Å². The molecular weight excluding hydrogens is 303 g/mol. The van der Waals surface area contributed by atoms with Crippen LogP contribution in [0.4, 0.5) is 0 Å². The third-order valence-electron chi connectivity index (χ3n) is 4.40. The van der Waals surface area contributed by atoms with Crippen LogP contribution >= 0.6 is 23.2 Å². The van der Waals surface area contributed by atoms with Crippen molar-refractivity contribution in [2.45, 2.75) is 34.6 Å². The summed E-state index contributed by atoms with van der Waals surface area (Å²) in [5.41, 5.74) is 6.84. The van der Waals surface area contributed by atoms with Gasteiger partial charge in [0.05, 0.1) is 5.02 Å². The summed E-state index contributed by atoms with van der Waals surface area (Å²) in [6.45, 7) is 10.2. The number of hydrogen-bond acceptors (Lipinski definition) is 1. The molecule has 0 saturated heterocycles. The second-order valence-corrected chi connectivity index (χ2v) is 6.30. The molecule has 0 aliphatic heterocycles. The summed E-state index contributed by atoms with van der Waals surface area (Å²) in [4.78, 5) is 12.9. The average molecular weight is 321 g/mol. The van der Waals surface area contributed by atoms with Crippen molar-refractivity contribution in [1.82, 2.24) is 0 Å². The number of halogens is 2. The topological polar surface area (TPSA) is 17.1 Å². The highest BCUT2D eigenvalue weighted by molar-refractivity contribution is 6.37. The molecular formula is C18H18Cl2O. The molecule has 0 aliphatic rings. The summed E-state index contributed by atoms with van der Waals surface area (Å²) >= 11 is 12.1. The third kappa shape index (κ3) is 2.73. The number of carbonyl (C=O) groups is 1. The summed E-state index contributed by atoms with van der Waals surface area (Å²) in [7, 11) is 0. The minimum Gasteiger partial charge on any atom is -0.289 e. The van der Waals surface area contributed by atoms with Crippen LogP contribution in [0.25, 0.3) is 0 Å². The van der Waals surface area contributed by atoms with Gasteiger partial charge < -0.3 is 0 Å². The molecule has 2 aromatic rings. The van der Waals surface area contributed by atoms with Crippen LogP contribution in [0.2, 0.25) is 10.0 Å². The van der Waals surface area contributed by atoms with E-state index in [1.807, 2.05) is 13.8 Å². The maximum absolute atomic E-state index is 12.9. The minimum absolute atomic E-state index is 0.0436. The number of hydrogen-bond donors (Lipinski definition) is 0. The second-order valence-electron chi connectivity index (χ2n) is 5.45. The van der Waals surface area contributed by atoms with Gasteiger partial charge in [0.25, 0.3) is 0 Å². The van der Waals surface area contributed by atoms with Crippen molar-refractivity contribution in [2.75, 3.05) is 0 Å². The van der Waals surface area contributed by atoms with E-state index in [2.05, 4.69) is 20.8 Å². The Balaban J connectivity index is 2.70. The highest BCUT2D eigenvalue weighted by Crippen LogP contribution is 2.30. The molecule has 0 unspecified atom stereocenters. The van der Waals surface area contributed by atoms with E-state index >= 15 is 0 Å². The van der Waals surface area contributed by atoms with E-state index in [0.717, 1.165) is 27.8 Å². The molecule has 0 spiro atoms. The van der Waals surface area contributed by atoms with Gasteiger partial charge in [0.15, 0.2) is 5.78 Å². The Bertz CT molecular complexity index is 716. The maximum Gasteiger partial charge on any atom is 0.195 e. The maximum atomic E-state index is 12.9. The fourth-order valence-electron chi connectivity index (χ4n) is 2.65. The van der Waals surface area contributed by atoms with Crippen molar-refractivity contribution in [3.05, 3.63) is 67.2 Å². The summed E-state index contributed by atoms with van der Waals surface area (Å²) in [5, 5.41) is 0.920. The first-order chi connectivity index (χ1) is 9.75. The Labute approximate surface area is 135 Å². The molecule has 110 valence electrons. The van der Waals surface area contributed by atoms with E-state index in [-0.39, 0.29) is 5.78 Å². The van der Waals surface area contributed by atoms with Crippen LogP contribution in [0.3, 0.4) is 0 Å². The number of carbonyl (C=O) groups excluding carboxylic acids is 1. The van der Waals surface area contributed by atoms with E-state index in [1.165, 1.54) is 5.56 Å². The Morgan fingerprint density at radius 3 is 1.76 bits per heavy atom. The van der Waals surface area contributed by atoms with E-state index in [0.29, 0.717) is 15.6 Å². The van der Waals surface area contributed by atoms with Gasteiger partial charge in [-0.1, -0.05) is 23.2 Å². The fraction of sp³-hybridized carbons (Fsp3) is 0.278. The van der Waals surface area contributed by atoms with Gasteiger partial charge in [0.2, 0.25) is 0 Å². The normalized spacial score (nSPS) is 10.8. The van der Waals surface area contributed by atoms with Crippen molar-refractivity contribution in [1.29, 1.82) is 0 Å². The van der Waals surface area contributed by atoms with E-state index < -0.39 is 0 Å². The van der Waals surface area contributed by atoms with Gasteiger partial charge in [-0.05, 0) is 80.6 Å². The van der Waals surface area contributed by atoms with Crippen molar-refractivity contribution in [2.24, 2.45) is 0 Å². The van der Waals surface area contributed by atoms with Crippen molar-refractivity contribution < 1.29 is 4.79 Å². The van der Waals surface area contributed by atoms with Gasteiger partial charge in [-0.15, -0.1) is 0 Å². The molecule has 21 heavy (non-hydrogen) atoms. The summed E-state index contributed by atoms with van der Waals surface area (Å²) in [6.07, 6.45) is 0.